The topological polar surface area (TPSA) is 76.7 Å². The number of benzene rings is 3. The van der Waals surface area contributed by atoms with Crippen molar-refractivity contribution in [3.8, 4) is 11.5 Å². The Morgan fingerprint density at radius 2 is 1.67 bits per heavy atom. The summed E-state index contributed by atoms with van der Waals surface area (Å²) in [5.74, 6) is 1.05. The molecule has 4 rings (SSSR count). The number of amides is 2. The van der Waals surface area contributed by atoms with E-state index in [0.717, 1.165) is 10.5 Å². The van der Waals surface area contributed by atoms with Crippen LogP contribution >= 0.6 is 23.4 Å². The zero-order chi connectivity index (χ0) is 23.2. The Hall–Kier alpha value is -3.16. The molecule has 0 saturated heterocycles. The van der Waals surface area contributed by atoms with Gasteiger partial charge in [0.15, 0.2) is 11.5 Å². The highest BCUT2D eigenvalue weighted by molar-refractivity contribution is 8.00. The molecular weight excluding hydrogens is 460 g/mol. The molecule has 0 aromatic heterocycles. The van der Waals surface area contributed by atoms with Crippen molar-refractivity contribution in [1.82, 2.24) is 0 Å². The maximum atomic E-state index is 12.7. The summed E-state index contributed by atoms with van der Waals surface area (Å²) in [6.45, 7) is 2.85. The van der Waals surface area contributed by atoms with E-state index in [0.29, 0.717) is 41.1 Å². The SMILES string of the molecule is CC(Sc1cccc(NC(=O)Cc2ccc(Cl)cc2)c1)C(=O)Nc1ccc2c(c1)OCCO2. The van der Waals surface area contributed by atoms with Crippen molar-refractivity contribution in [1.29, 1.82) is 0 Å². The molecule has 170 valence electrons. The third kappa shape index (κ3) is 6.43. The van der Waals surface area contributed by atoms with Crippen LogP contribution in [0.25, 0.3) is 0 Å². The van der Waals surface area contributed by atoms with Crippen LogP contribution in [-0.4, -0.2) is 30.3 Å². The fourth-order valence-corrected chi connectivity index (χ4v) is 4.31. The Morgan fingerprint density at radius 1 is 0.939 bits per heavy atom. The summed E-state index contributed by atoms with van der Waals surface area (Å²) in [4.78, 5) is 26.0. The van der Waals surface area contributed by atoms with Gasteiger partial charge < -0.3 is 20.1 Å². The first kappa shape index (κ1) is 23.0. The van der Waals surface area contributed by atoms with Gasteiger partial charge in [-0.15, -0.1) is 11.8 Å². The van der Waals surface area contributed by atoms with Gasteiger partial charge in [0, 0.05) is 27.4 Å². The first-order valence-electron chi connectivity index (χ1n) is 10.5. The van der Waals surface area contributed by atoms with E-state index in [1.807, 2.05) is 43.3 Å². The van der Waals surface area contributed by atoms with Crippen molar-refractivity contribution in [2.45, 2.75) is 23.5 Å². The summed E-state index contributed by atoms with van der Waals surface area (Å²) in [7, 11) is 0. The normalized spacial score (nSPS) is 13.2. The van der Waals surface area contributed by atoms with Crippen LogP contribution < -0.4 is 20.1 Å². The molecule has 0 aliphatic carbocycles. The van der Waals surface area contributed by atoms with Gasteiger partial charge in [0.2, 0.25) is 11.8 Å². The van der Waals surface area contributed by atoms with Crippen molar-refractivity contribution in [2.24, 2.45) is 0 Å². The molecule has 0 bridgehead atoms. The number of thioether (sulfide) groups is 1. The molecule has 0 fully saturated rings. The number of hydrogen-bond donors (Lipinski definition) is 2. The minimum atomic E-state index is -0.349. The van der Waals surface area contributed by atoms with E-state index in [4.69, 9.17) is 21.1 Å². The summed E-state index contributed by atoms with van der Waals surface area (Å²) in [6, 6.07) is 20.0. The average Bonchev–Trinajstić information content (AvgIpc) is 2.80. The molecule has 1 atom stereocenters. The molecule has 0 spiro atoms. The smallest absolute Gasteiger partial charge is 0.237 e. The van der Waals surface area contributed by atoms with Crippen LogP contribution in [0.4, 0.5) is 11.4 Å². The van der Waals surface area contributed by atoms with E-state index in [-0.39, 0.29) is 23.5 Å². The van der Waals surface area contributed by atoms with Gasteiger partial charge in [-0.1, -0.05) is 29.8 Å². The summed E-state index contributed by atoms with van der Waals surface area (Å²) >= 11 is 7.30. The van der Waals surface area contributed by atoms with Gasteiger partial charge in [0.1, 0.15) is 13.2 Å². The number of hydrogen-bond acceptors (Lipinski definition) is 5. The molecule has 1 heterocycles. The zero-order valence-corrected chi connectivity index (χ0v) is 19.5. The predicted octanol–water partition coefficient (Wildman–Crippen LogP) is 5.41. The molecule has 1 aliphatic rings. The zero-order valence-electron chi connectivity index (χ0n) is 18.0. The van der Waals surface area contributed by atoms with Crippen molar-refractivity contribution in [3.63, 3.8) is 0 Å². The Morgan fingerprint density at radius 3 is 2.45 bits per heavy atom. The van der Waals surface area contributed by atoms with Crippen LogP contribution in [-0.2, 0) is 16.0 Å². The lowest BCUT2D eigenvalue weighted by molar-refractivity contribution is -0.116. The molecule has 1 unspecified atom stereocenters. The second-order valence-corrected chi connectivity index (χ2v) is 9.34. The third-order valence-electron chi connectivity index (χ3n) is 4.89. The number of nitrogens with one attached hydrogen (secondary N) is 2. The molecule has 6 nitrogen and oxygen atoms in total. The summed E-state index contributed by atoms with van der Waals surface area (Å²) < 4.78 is 11.1. The Kier molecular flexibility index (Phi) is 7.42. The van der Waals surface area contributed by atoms with E-state index in [9.17, 15) is 9.59 Å². The van der Waals surface area contributed by atoms with Crippen LogP contribution in [0, 0.1) is 0 Å². The number of ether oxygens (including phenoxy) is 2. The average molecular weight is 483 g/mol. The van der Waals surface area contributed by atoms with E-state index in [2.05, 4.69) is 10.6 Å². The fraction of sp³-hybridized carbons (Fsp3) is 0.200. The monoisotopic (exact) mass is 482 g/mol. The first-order valence-corrected chi connectivity index (χ1v) is 11.7. The first-order chi connectivity index (χ1) is 16.0. The fourth-order valence-electron chi connectivity index (χ4n) is 3.26. The number of fused-ring (bicyclic) bond motifs is 1. The van der Waals surface area contributed by atoms with Gasteiger partial charge in [-0.3, -0.25) is 9.59 Å². The number of carbonyl (C=O) groups is 2. The second kappa shape index (κ2) is 10.6. The van der Waals surface area contributed by atoms with E-state index in [1.54, 1.807) is 30.3 Å². The Labute approximate surface area is 201 Å². The lowest BCUT2D eigenvalue weighted by Gasteiger charge is -2.19. The largest absolute Gasteiger partial charge is 0.486 e. The van der Waals surface area contributed by atoms with E-state index < -0.39 is 0 Å². The predicted molar refractivity (Wildman–Crippen MR) is 132 cm³/mol. The van der Waals surface area contributed by atoms with Gasteiger partial charge >= 0.3 is 0 Å². The van der Waals surface area contributed by atoms with Gasteiger partial charge in [0.05, 0.1) is 11.7 Å². The molecule has 2 N–H and O–H groups in total. The lowest BCUT2D eigenvalue weighted by atomic mass is 10.1. The van der Waals surface area contributed by atoms with Crippen molar-refractivity contribution < 1.29 is 19.1 Å². The summed E-state index contributed by atoms with van der Waals surface area (Å²) in [5, 5.41) is 6.11. The minimum absolute atomic E-state index is 0.121. The molecular formula is C25H23ClN2O4S. The van der Waals surface area contributed by atoms with Crippen LogP contribution in [0.2, 0.25) is 5.02 Å². The van der Waals surface area contributed by atoms with Crippen molar-refractivity contribution >= 4 is 46.6 Å². The number of halogens is 1. The summed E-state index contributed by atoms with van der Waals surface area (Å²) in [5.41, 5.74) is 2.21. The second-order valence-electron chi connectivity index (χ2n) is 7.49. The van der Waals surface area contributed by atoms with Gasteiger partial charge in [-0.25, -0.2) is 0 Å². The lowest BCUT2D eigenvalue weighted by Crippen LogP contribution is -2.22. The molecule has 8 heteroatoms. The highest BCUT2D eigenvalue weighted by atomic mass is 35.5. The maximum absolute atomic E-state index is 12.7. The number of rotatable bonds is 7. The summed E-state index contributed by atoms with van der Waals surface area (Å²) in [6.07, 6.45) is 0.253. The molecule has 2 amide bonds. The number of anilines is 2. The van der Waals surface area contributed by atoms with E-state index in [1.165, 1.54) is 11.8 Å². The van der Waals surface area contributed by atoms with Gasteiger partial charge in [-0.2, -0.15) is 0 Å². The Bertz CT molecular complexity index is 1150. The molecule has 0 radical (unpaired) electrons. The highest BCUT2D eigenvalue weighted by Gasteiger charge is 2.17. The van der Waals surface area contributed by atoms with Crippen molar-refractivity contribution in [3.05, 3.63) is 77.3 Å². The maximum Gasteiger partial charge on any atom is 0.237 e. The molecule has 0 saturated carbocycles. The molecule has 33 heavy (non-hydrogen) atoms. The standard InChI is InChI=1S/C25H23ClN2O4S/c1-16(25(30)28-20-9-10-22-23(15-20)32-12-11-31-22)33-21-4-2-3-19(14-21)27-24(29)13-17-5-7-18(26)8-6-17/h2-10,14-16H,11-13H2,1H3,(H,27,29)(H,28,30). The molecule has 3 aromatic rings. The van der Waals surface area contributed by atoms with Crippen LogP contribution in [0.1, 0.15) is 12.5 Å². The van der Waals surface area contributed by atoms with Gasteiger partial charge in [0.25, 0.3) is 0 Å². The molecule has 1 aliphatic heterocycles. The number of carbonyl (C=O) groups excluding carboxylic acids is 2. The quantitative estimate of drug-likeness (QED) is 0.440. The molecule has 3 aromatic carbocycles. The Balaban J connectivity index is 1.32. The van der Waals surface area contributed by atoms with Crippen LogP contribution in [0.5, 0.6) is 11.5 Å². The minimum Gasteiger partial charge on any atom is -0.486 e. The highest BCUT2D eigenvalue weighted by Crippen LogP contribution is 2.33. The third-order valence-corrected chi connectivity index (χ3v) is 6.23. The van der Waals surface area contributed by atoms with Crippen molar-refractivity contribution in [2.75, 3.05) is 23.8 Å². The van der Waals surface area contributed by atoms with Gasteiger partial charge in [-0.05, 0) is 55.0 Å². The van der Waals surface area contributed by atoms with E-state index >= 15 is 0 Å². The van der Waals surface area contributed by atoms with Crippen LogP contribution in [0.15, 0.2) is 71.6 Å². The van der Waals surface area contributed by atoms with Crippen LogP contribution in [0.3, 0.4) is 0 Å².